The van der Waals surface area contributed by atoms with Gasteiger partial charge in [0.05, 0.1) is 18.7 Å². The fraction of sp³-hybridized carbons (Fsp3) is 0.222. The topological polar surface area (TPSA) is 79.7 Å². The van der Waals surface area contributed by atoms with E-state index in [0.29, 0.717) is 22.7 Å². The van der Waals surface area contributed by atoms with Gasteiger partial charge >= 0.3 is 5.91 Å². The number of hydrogen-bond donors (Lipinski definition) is 1. The molecule has 1 aliphatic heterocycles. The van der Waals surface area contributed by atoms with Crippen LogP contribution in [0.1, 0.15) is 43.5 Å². The number of ketones is 1. The first-order valence-electron chi connectivity index (χ1n) is 10.7. The molecule has 33 heavy (non-hydrogen) atoms. The molecule has 0 radical (unpaired) electrons. The molecule has 6 heteroatoms. The maximum atomic E-state index is 13.2. The van der Waals surface area contributed by atoms with Gasteiger partial charge in [-0.25, -0.2) is 4.98 Å². The summed E-state index contributed by atoms with van der Waals surface area (Å²) in [6.45, 7) is 6.35. The highest BCUT2D eigenvalue weighted by molar-refractivity contribution is 6.51. The van der Waals surface area contributed by atoms with Crippen LogP contribution in [0.2, 0.25) is 0 Å². The molecule has 0 bridgehead atoms. The maximum Gasteiger partial charge on any atom is 0.301 e. The third-order valence-electron chi connectivity index (χ3n) is 5.78. The summed E-state index contributed by atoms with van der Waals surface area (Å²) in [5.74, 6) is -0.872. The summed E-state index contributed by atoms with van der Waals surface area (Å²) in [5.41, 5.74) is 2.18. The number of pyridine rings is 1. The summed E-state index contributed by atoms with van der Waals surface area (Å²) in [6, 6.07) is 18.9. The van der Waals surface area contributed by atoms with E-state index in [1.54, 1.807) is 48.7 Å². The minimum absolute atomic E-state index is 0.0161. The molecule has 4 rings (SSSR count). The number of carbonyl (C=O) groups excluding carboxylic acids is 2. The average Bonchev–Trinajstić information content (AvgIpc) is 3.09. The lowest BCUT2D eigenvalue weighted by Gasteiger charge is -2.25. The molecule has 0 aliphatic carbocycles. The second-order valence-electron chi connectivity index (χ2n) is 8.96. The van der Waals surface area contributed by atoms with Gasteiger partial charge in [0.15, 0.2) is 0 Å². The van der Waals surface area contributed by atoms with Gasteiger partial charge in [0, 0.05) is 11.8 Å². The zero-order valence-electron chi connectivity index (χ0n) is 19.1. The number of amides is 1. The van der Waals surface area contributed by atoms with Gasteiger partial charge in [0.1, 0.15) is 17.3 Å². The minimum Gasteiger partial charge on any atom is -0.507 e. The smallest absolute Gasteiger partial charge is 0.301 e. The Morgan fingerprint density at radius 3 is 2.33 bits per heavy atom. The number of hydrogen-bond acceptors (Lipinski definition) is 5. The lowest BCUT2D eigenvalue weighted by molar-refractivity contribution is -0.132. The maximum absolute atomic E-state index is 13.2. The van der Waals surface area contributed by atoms with Gasteiger partial charge in [0.25, 0.3) is 5.78 Å². The zero-order chi connectivity index (χ0) is 23.8. The summed E-state index contributed by atoms with van der Waals surface area (Å²) >= 11 is 0. The second kappa shape index (κ2) is 8.54. The van der Waals surface area contributed by atoms with Gasteiger partial charge in [-0.15, -0.1) is 0 Å². The van der Waals surface area contributed by atoms with E-state index in [1.807, 2.05) is 24.3 Å². The van der Waals surface area contributed by atoms with E-state index in [9.17, 15) is 14.7 Å². The first-order chi connectivity index (χ1) is 15.7. The first kappa shape index (κ1) is 22.3. The van der Waals surface area contributed by atoms with Crippen LogP contribution < -0.4 is 9.64 Å². The van der Waals surface area contributed by atoms with Crippen molar-refractivity contribution in [3.8, 4) is 5.75 Å². The number of nitrogens with zero attached hydrogens (tertiary/aromatic N) is 2. The van der Waals surface area contributed by atoms with Crippen LogP contribution in [0.3, 0.4) is 0 Å². The van der Waals surface area contributed by atoms with E-state index in [-0.39, 0.29) is 16.7 Å². The predicted molar refractivity (Wildman–Crippen MR) is 127 cm³/mol. The number of aromatic nitrogens is 1. The van der Waals surface area contributed by atoms with Gasteiger partial charge in [0.2, 0.25) is 0 Å². The Labute approximate surface area is 193 Å². The van der Waals surface area contributed by atoms with Gasteiger partial charge < -0.3 is 9.84 Å². The van der Waals surface area contributed by atoms with Crippen molar-refractivity contribution in [2.75, 3.05) is 12.0 Å². The number of ether oxygens (including phenoxy) is 1. The van der Waals surface area contributed by atoms with E-state index in [0.717, 1.165) is 5.56 Å². The number of benzene rings is 2. The zero-order valence-corrected chi connectivity index (χ0v) is 19.1. The molecule has 1 saturated heterocycles. The van der Waals surface area contributed by atoms with Gasteiger partial charge in [-0.2, -0.15) is 0 Å². The molecule has 2 heterocycles. The molecule has 1 aromatic heterocycles. The van der Waals surface area contributed by atoms with Crippen LogP contribution in [0.5, 0.6) is 5.75 Å². The number of carbonyl (C=O) groups is 2. The van der Waals surface area contributed by atoms with Crippen molar-refractivity contribution in [2.45, 2.75) is 32.2 Å². The molecule has 168 valence electrons. The van der Waals surface area contributed by atoms with Gasteiger partial charge in [-0.3, -0.25) is 14.5 Å². The highest BCUT2D eigenvalue weighted by Crippen LogP contribution is 2.42. The number of rotatable bonds is 4. The van der Waals surface area contributed by atoms with Crippen molar-refractivity contribution in [1.29, 1.82) is 0 Å². The molecule has 2 aromatic carbocycles. The summed E-state index contributed by atoms with van der Waals surface area (Å²) in [6.07, 6.45) is 1.57. The van der Waals surface area contributed by atoms with Gasteiger partial charge in [-0.05, 0) is 40.8 Å². The Balaban J connectivity index is 1.92. The molecule has 3 aromatic rings. The molecule has 1 unspecified atom stereocenters. The molecular weight excluding hydrogens is 416 g/mol. The Morgan fingerprint density at radius 2 is 1.73 bits per heavy atom. The van der Waals surface area contributed by atoms with Crippen LogP contribution in [0.25, 0.3) is 5.76 Å². The molecule has 1 amide bonds. The van der Waals surface area contributed by atoms with Crippen molar-refractivity contribution in [2.24, 2.45) is 0 Å². The van der Waals surface area contributed by atoms with Crippen LogP contribution in [-0.4, -0.2) is 28.9 Å². The van der Waals surface area contributed by atoms with Crippen molar-refractivity contribution in [3.63, 3.8) is 0 Å². The van der Waals surface area contributed by atoms with E-state index in [4.69, 9.17) is 4.74 Å². The fourth-order valence-electron chi connectivity index (χ4n) is 3.97. The number of methoxy groups -OCH3 is 1. The third kappa shape index (κ3) is 4.12. The molecular formula is C27H26N2O4. The number of anilines is 1. The average molecular weight is 443 g/mol. The minimum atomic E-state index is -0.819. The summed E-state index contributed by atoms with van der Waals surface area (Å²) in [4.78, 5) is 32.0. The standard InChI is InChI=1S/C27H26N2O4/c1-27(2,3)19-13-11-17(12-14-19)23-22(24(30)18-8-7-9-20(16-18)33-4)25(31)26(32)29(23)21-10-5-6-15-28-21/h5-16,23,30H,1-4H3/b24-22+. The number of aliphatic hydroxyl groups excluding tert-OH is 1. The fourth-order valence-corrected chi connectivity index (χ4v) is 3.97. The molecule has 6 nitrogen and oxygen atoms in total. The van der Waals surface area contributed by atoms with E-state index < -0.39 is 17.7 Å². The SMILES string of the molecule is COc1cccc(/C(O)=C2\C(=O)C(=O)N(c3ccccn3)C2c2ccc(C(C)(C)C)cc2)c1. The quantitative estimate of drug-likeness (QED) is 0.349. The Bertz CT molecular complexity index is 1220. The Morgan fingerprint density at radius 1 is 1.00 bits per heavy atom. The lowest BCUT2D eigenvalue weighted by Crippen LogP contribution is -2.30. The lowest BCUT2D eigenvalue weighted by atomic mass is 9.85. The monoisotopic (exact) mass is 442 g/mol. The van der Waals surface area contributed by atoms with Crippen molar-refractivity contribution in [3.05, 3.63) is 95.2 Å². The summed E-state index contributed by atoms with van der Waals surface area (Å²) in [7, 11) is 1.52. The van der Waals surface area contributed by atoms with Crippen LogP contribution in [0.15, 0.2) is 78.5 Å². The van der Waals surface area contributed by atoms with E-state index >= 15 is 0 Å². The first-order valence-corrected chi connectivity index (χ1v) is 10.7. The molecule has 1 fully saturated rings. The highest BCUT2D eigenvalue weighted by Gasteiger charge is 2.47. The normalized spacial score (nSPS) is 17.9. The number of aliphatic hydroxyl groups is 1. The molecule has 1 aliphatic rings. The van der Waals surface area contributed by atoms with Crippen LogP contribution in [-0.2, 0) is 15.0 Å². The molecule has 0 saturated carbocycles. The molecule has 0 spiro atoms. The van der Waals surface area contributed by atoms with Crippen molar-refractivity contribution >= 4 is 23.3 Å². The summed E-state index contributed by atoms with van der Waals surface area (Å²) < 4.78 is 5.26. The molecule has 1 N–H and O–H groups in total. The Kier molecular flexibility index (Phi) is 5.77. The van der Waals surface area contributed by atoms with E-state index in [1.165, 1.54) is 12.0 Å². The van der Waals surface area contributed by atoms with Gasteiger partial charge in [-0.1, -0.05) is 63.2 Å². The summed E-state index contributed by atoms with van der Waals surface area (Å²) in [5, 5.41) is 11.2. The molecule has 1 atom stereocenters. The highest BCUT2D eigenvalue weighted by atomic mass is 16.5. The second-order valence-corrected chi connectivity index (χ2v) is 8.96. The largest absolute Gasteiger partial charge is 0.507 e. The van der Waals surface area contributed by atoms with E-state index in [2.05, 4.69) is 25.8 Å². The van der Waals surface area contributed by atoms with Crippen molar-refractivity contribution < 1.29 is 19.4 Å². The third-order valence-corrected chi connectivity index (χ3v) is 5.78. The van der Waals surface area contributed by atoms with Crippen LogP contribution in [0.4, 0.5) is 5.82 Å². The number of Topliss-reactive ketones (excluding diaryl/α,β-unsaturated/α-hetero) is 1. The predicted octanol–water partition coefficient (Wildman–Crippen LogP) is 5.01. The van der Waals surface area contributed by atoms with Crippen LogP contribution in [0, 0.1) is 0 Å². The Hall–Kier alpha value is -3.93. The van der Waals surface area contributed by atoms with Crippen LogP contribution >= 0.6 is 0 Å². The van der Waals surface area contributed by atoms with Crippen molar-refractivity contribution in [1.82, 2.24) is 4.98 Å².